The molecular formula is C23H34Cl2N4O2S. The molecule has 0 radical (unpaired) electrons. The Kier molecular flexibility index (Phi) is 9.37. The topological polar surface area (TPSA) is 58.9 Å². The van der Waals surface area contributed by atoms with Crippen LogP contribution in [0.2, 0.25) is 0 Å². The first-order valence-corrected chi connectivity index (χ1v) is 11.6. The Balaban J connectivity index is 0.00000181. The van der Waals surface area contributed by atoms with Crippen LogP contribution < -0.4 is 5.32 Å². The highest BCUT2D eigenvalue weighted by molar-refractivity contribution is 7.18. The van der Waals surface area contributed by atoms with Crippen molar-refractivity contribution in [2.45, 2.75) is 40.2 Å². The third-order valence-corrected chi connectivity index (χ3v) is 6.51. The number of carbonyl (C=O) groups is 1. The van der Waals surface area contributed by atoms with Crippen LogP contribution in [0.25, 0.3) is 16.0 Å². The molecule has 0 bridgehead atoms. The number of nitrogens with one attached hydrogen (secondary N) is 1. The van der Waals surface area contributed by atoms with Gasteiger partial charge in [0.05, 0.1) is 11.0 Å². The summed E-state index contributed by atoms with van der Waals surface area (Å²) in [6.45, 7) is 10.8. The summed E-state index contributed by atoms with van der Waals surface area (Å²) in [6.07, 6.45) is 4.23. The smallest absolute Gasteiger partial charge is 0.265 e. The SMILES string of the molecule is CN(CC(C)(C)C)C(=O)c1cn2c(nc3cc(CNCC4CCOCC4)ccc32)s1.Cl.Cl. The molecule has 1 aromatic carbocycles. The lowest BCUT2D eigenvalue weighted by Gasteiger charge is -2.26. The summed E-state index contributed by atoms with van der Waals surface area (Å²) < 4.78 is 7.47. The van der Waals surface area contributed by atoms with Crippen LogP contribution in [-0.2, 0) is 11.3 Å². The second-order valence-electron chi connectivity index (χ2n) is 9.59. The molecule has 3 aromatic rings. The number of halogens is 2. The van der Waals surface area contributed by atoms with Gasteiger partial charge < -0.3 is 15.0 Å². The first-order chi connectivity index (χ1) is 14.3. The lowest BCUT2D eigenvalue weighted by Crippen LogP contribution is -2.34. The fourth-order valence-corrected chi connectivity index (χ4v) is 5.10. The number of thiazole rings is 1. The molecule has 1 N–H and O–H groups in total. The fraction of sp³-hybridized carbons (Fsp3) is 0.565. The van der Waals surface area contributed by atoms with Crippen LogP contribution in [0.5, 0.6) is 0 Å². The molecule has 178 valence electrons. The Labute approximate surface area is 206 Å². The molecule has 0 atom stereocenters. The van der Waals surface area contributed by atoms with Crippen LogP contribution in [0.4, 0.5) is 0 Å². The molecule has 0 unspecified atom stereocenters. The van der Waals surface area contributed by atoms with E-state index < -0.39 is 0 Å². The standard InChI is InChI=1S/C23H32N4O2S.2ClH/c1-23(2,3)15-26(4)21(28)20-14-27-19-6-5-17(11-18(19)25-22(27)30-20)13-24-12-16-7-9-29-10-8-16;;/h5-6,11,14,16,24H,7-10,12-13,15H2,1-4H3;2*1H. The molecule has 1 aliphatic rings. The summed E-state index contributed by atoms with van der Waals surface area (Å²) in [6, 6.07) is 6.41. The van der Waals surface area contributed by atoms with E-state index in [0.29, 0.717) is 5.92 Å². The van der Waals surface area contributed by atoms with Crippen molar-refractivity contribution < 1.29 is 9.53 Å². The summed E-state index contributed by atoms with van der Waals surface area (Å²) in [5.74, 6) is 0.773. The van der Waals surface area contributed by atoms with Gasteiger partial charge in [0.15, 0.2) is 4.96 Å². The molecule has 9 heteroatoms. The van der Waals surface area contributed by atoms with Gasteiger partial charge in [-0.1, -0.05) is 38.2 Å². The van der Waals surface area contributed by atoms with E-state index in [0.717, 1.165) is 66.6 Å². The maximum atomic E-state index is 12.8. The molecule has 0 spiro atoms. The van der Waals surface area contributed by atoms with Crippen molar-refractivity contribution in [2.24, 2.45) is 11.3 Å². The van der Waals surface area contributed by atoms with Gasteiger partial charge in [-0.2, -0.15) is 0 Å². The van der Waals surface area contributed by atoms with Crippen molar-refractivity contribution in [3.8, 4) is 0 Å². The number of fused-ring (bicyclic) bond motifs is 3. The molecule has 4 rings (SSSR count). The first-order valence-electron chi connectivity index (χ1n) is 10.7. The molecule has 0 aliphatic carbocycles. The minimum atomic E-state index is 0. The van der Waals surface area contributed by atoms with Crippen molar-refractivity contribution in [2.75, 3.05) is 33.4 Å². The van der Waals surface area contributed by atoms with Gasteiger partial charge in [-0.05, 0) is 48.4 Å². The van der Waals surface area contributed by atoms with Crippen molar-refractivity contribution in [1.82, 2.24) is 19.6 Å². The molecular weight excluding hydrogens is 467 g/mol. The number of amides is 1. The molecule has 6 nitrogen and oxygen atoms in total. The van der Waals surface area contributed by atoms with Crippen molar-refractivity contribution >= 4 is 58.1 Å². The highest BCUT2D eigenvalue weighted by atomic mass is 35.5. The van der Waals surface area contributed by atoms with Gasteiger partial charge in [-0.25, -0.2) is 4.98 Å². The summed E-state index contributed by atoms with van der Waals surface area (Å²) in [5, 5.41) is 3.58. The van der Waals surface area contributed by atoms with E-state index in [-0.39, 0.29) is 36.1 Å². The maximum absolute atomic E-state index is 12.8. The summed E-state index contributed by atoms with van der Waals surface area (Å²) in [5.41, 5.74) is 3.34. The average Bonchev–Trinajstić information content (AvgIpc) is 3.24. The second kappa shape index (κ2) is 11.2. The van der Waals surface area contributed by atoms with Gasteiger partial charge in [-0.15, -0.1) is 24.8 Å². The summed E-state index contributed by atoms with van der Waals surface area (Å²) >= 11 is 1.46. The number of ether oxygens (including phenoxy) is 1. The molecule has 1 fully saturated rings. The molecule has 1 amide bonds. The van der Waals surface area contributed by atoms with E-state index in [1.807, 2.05) is 17.6 Å². The zero-order valence-corrected chi connectivity index (χ0v) is 21.7. The zero-order chi connectivity index (χ0) is 21.3. The van der Waals surface area contributed by atoms with Gasteiger partial charge in [0, 0.05) is 39.5 Å². The van der Waals surface area contributed by atoms with E-state index in [1.165, 1.54) is 16.9 Å². The number of hydrogen-bond acceptors (Lipinski definition) is 5. The van der Waals surface area contributed by atoms with Crippen molar-refractivity contribution in [3.05, 3.63) is 34.8 Å². The number of hydrogen-bond donors (Lipinski definition) is 1. The molecule has 3 heterocycles. The Hall–Kier alpha value is -1.38. The van der Waals surface area contributed by atoms with E-state index in [4.69, 9.17) is 9.72 Å². The normalized spacial score (nSPS) is 14.9. The molecule has 2 aromatic heterocycles. The Morgan fingerprint density at radius 3 is 2.69 bits per heavy atom. The average molecular weight is 502 g/mol. The van der Waals surface area contributed by atoms with Crippen LogP contribution in [0.3, 0.4) is 0 Å². The van der Waals surface area contributed by atoms with E-state index in [9.17, 15) is 4.79 Å². The first kappa shape index (κ1) is 26.9. The number of rotatable bonds is 6. The predicted molar refractivity (Wildman–Crippen MR) is 137 cm³/mol. The Bertz CT molecular complexity index is 1040. The Morgan fingerprint density at radius 1 is 1.28 bits per heavy atom. The predicted octanol–water partition coefficient (Wildman–Crippen LogP) is 5.03. The molecule has 0 saturated carbocycles. The van der Waals surface area contributed by atoms with Gasteiger partial charge in [0.1, 0.15) is 4.88 Å². The Morgan fingerprint density at radius 2 is 2.00 bits per heavy atom. The third-order valence-electron chi connectivity index (χ3n) is 5.54. The minimum absolute atomic E-state index is 0. The maximum Gasteiger partial charge on any atom is 0.265 e. The number of nitrogens with zero attached hydrogens (tertiary/aromatic N) is 3. The second-order valence-corrected chi connectivity index (χ2v) is 10.6. The number of carbonyl (C=O) groups excluding carboxylic acids is 1. The highest BCUT2D eigenvalue weighted by Gasteiger charge is 2.21. The van der Waals surface area contributed by atoms with Gasteiger partial charge >= 0.3 is 0 Å². The summed E-state index contributed by atoms with van der Waals surface area (Å²) in [7, 11) is 1.87. The monoisotopic (exact) mass is 500 g/mol. The van der Waals surface area contributed by atoms with E-state index >= 15 is 0 Å². The van der Waals surface area contributed by atoms with Gasteiger partial charge in [0.2, 0.25) is 0 Å². The minimum Gasteiger partial charge on any atom is -0.381 e. The van der Waals surface area contributed by atoms with Crippen molar-refractivity contribution in [1.29, 1.82) is 0 Å². The van der Waals surface area contributed by atoms with Gasteiger partial charge in [-0.3, -0.25) is 9.20 Å². The van der Waals surface area contributed by atoms with Crippen LogP contribution >= 0.6 is 36.2 Å². The van der Waals surface area contributed by atoms with Crippen molar-refractivity contribution in [3.63, 3.8) is 0 Å². The number of aromatic nitrogens is 2. The molecule has 32 heavy (non-hydrogen) atoms. The number of imidazole rings is 1. The molecule has 1 saturated heterocycles. The highest BCUT2D eigenvalue weighted by Crippen LogP contribution is 2.26. The van der Waals surface area contributed by atoms with Crippen LogP contribution in [-0.4, -0.2) is 53.5 Å². The quantitative estimate of drug-likeness (QED) is 0.515. The van der Waals surface area contributed by atoms with E-state index in [1.54, 1.807) is 4.90 Å². The van der Waals surface area contributed by atoms with E-state index in [2.05, 4.69) is 44.3 Å². The number of benzene rings is 1. The molecule has 1 aliphatic heterocycles. The summed E-state index contributed by atoms with van der Waals surface area (Å²) in [4.78, 5) is 21.0. The third kappa shape index (κ3) is 6.35. The lowest BCUT2D eigenvalue weighted by atomic mass is 9.96. The zero-order valence-electron chi connectivity index (χ0n) is 19.2. The largest absolute Gasteiger partial charge is 0.381 e. The lowest BCUT2D eigenvalue weighted by molar-refractivity contribution is 0.0662. The van der Waals surface area contributed by atoms with Crippen LogP contribution in [0, 0.1) is 11.3 Å². The van der Waals surface area contributed by atoms with Crippen LogP contribution in [0.15, 0.2) is 24.4 Å². The van der Waals surface area contributed by atoms with Crippen LogP contribution in [0.1, 0.15) is 48.8 Å². The van der Waals surface area contributed by atoms with Gasteiger partial charge in [0.25, 0.3) is 5.91 Å². The fourth-order valence-electron chi connectivity index (χ4n) is 4.11.